The van der Waals surface area contributed by atoms with Gasteiger partial charge in [0.15, 0.2) is 0 Å². The molecular weight excluding hydrogens is 412 g/mol. The molecule has 0 aromatic carbocycles. The van der Waals surface area contributed by atoms with Gasteiger partial charge in [-0.15, -0.1) is 11.3 Å². The maximum atomic E-state index is 13.3. The van der Waals surface area contributed by atoms with E-state index in [9.17, 15) is 19.5 Å². The number of carboxylic acid groups (broad SMARTS) is 1. The average molecular weight is 447 g/mol. The number of hydrogen-bond acceptors (Lipinski definition) is 4. The predicted octanol–water partition coefficient (Wildman–Crippen LogP) is 4.76. The molecule has 3 aliphatic carbocycles. The predicted molar refractivity (Wildman–Crippen MR) is 122 cm³/mol. The minimum atomic E-state index is -0.893. The number of rotatable bonds is 6. The SMILES string of the molecule is CC[C@@H]1CCc2c(sc(NC(=O)[C@@H]3CCCC[C@@H]3C(=O)O)c2C(=O)NC2CCCC2)C1. The lowest BCUT2D eigenvalue weighted by molar-refractivity contribution is -0.147. The molecule has 2 amide bonds. The third kappa shape index (κ3) is 4.81. The second-order valence-corrected chi connectivity index (χ2v) is 10.6. The van der Waals surface area contributed by atoms with Gasteiger partial charge in [-0.05, 0) is 56.4 Å². The quantitative estimate of drug-likeness (QED) is 0.587. The highest BCUT2D eigenvalue weighted by Gasteiger charge is 2.37. The van der Waals surface area contributed by atoms with Crippen molar-refractivity contribution in [2.24, 2.45) is 17.8 Å². The Morgan fingerprint density at radius 3 is 2.35 bits per heavy atom. The maximum Gasteiger partial charge on any atom is 0.307 e. The van der Waals surface area contributed by atoms with Gasteiger partial charge in [0.1, 0.15) is 5.00 Å². The van der Waals surface area contributed by atoms with Gasteiger partial charge in [0.05, 0.1) is 17.4 Å². The minimum Gasteiger partial charge on any atom is -0.481 e. The first-order valence-electron chi connectivity index (χ1n) is 12.0. The fourth-order valence-electron chi connectivity index (χ4n) is 5.60. The summed E-state index contributed by atoms with van der Waals surface area (Å²) in [4.78, 5) is 39.3. The molecule has 0 saturated heterocycles. The first kappa shape index (κ1) is 22.3. The number of aliphatic carboxylic acids is 1. The molecule has 0 spiro atoms. The first-order chi connectivity index (χ1) is 15.0. The summed E-state index contributed by atoms with van der Waals surface area (Å²) in [5, 5.41) is 16.4. The van der Waals surface area contributed by atoms with Gasteiger partial charge in [0.2, 0.25) is 5.91 Å². The highest BCUT2D eigenvalue weighted by atomic mass is 32.1. The fourth-order valence-corrected chi connectivity index (χ4v) is 6.97. The molecule has 170 valence electrons. The third-order valence-electron chi connectivity index (χ3n) is 7.52. The Bertz CT molecular complexity index is 843. The molecule has 3 aliphatic rings. The highest BCUT2D eigenvalue weighted by molar-refractivity contribution is 7.17. The summed E-state index contributed by atoms with van der Waals surface area (Å²) in [7, 11) is 0. The number of hydrogen-bond donors (Lipinski definition) is 3. The molecule has 6 nitrogen and oxygen atoms in total. The van der Waals surface area contributed by atoms with Crippen LogP contribution in [0, 0.1) is 17.8 Å². The van der Waals surface area contributed by atoms with Crippen molar-refractivity contribution in [2.45, 2.75) is 90.0 Å². The van der Waals surface area contributed by atoms with Crippen molar-refractivity contribution in [2.75, 3.05) is 5.32 Å². The van der Waals surface area contributed by atoms with Gasteiger partial charge in [-0.25, -0.2) is 0 Å². The van der Waals surface area contributed by atoms with Gasteiger partial charge < -0.3 is 15.7 Å². The van der Waals surface area contributed by atoms with E-state index in [1.165, 1.54) is 16.2 Å². The lowest BCUT2D eigenvalue weighted by atomic mass is 9.78. The minimum absolute atomic E-state index is 0.0759. The molecule has 0 aliphatic heterocycles. The van der Waals surface area contributed by atoms with E-state index in [1.807, 2.05) is 0 Å². The van der Waals surface area contributed by atoms with Crippen LogP contribution in [0.3, 0.4) is 0 Å². The summed E-state index contributed by atoms with van der Waals surface area (Å²) in [5.74, 6) is -1.76. The molecule has 7 heteroatoms. The smallest absolute Gasteiger partial charge is 0.307 e. The molecule has 1 aromatic heterocycles. The van der Waals surface area contributed by atoms with Gasteiger partial charge >= 0.3 is 5.97 Å². The van der Waals surface area contributed by atoms with Crippen LogP contribution in [-0.4, -0.2) is 28.9 Å². The van der Waals surface area contributed by atoms with Gasteiger partial charge in [0, 0.05) is 10.9 Å². The summed E-state index contributed by atoms with van der Waals surface area (Å²) in [6.45, 7) is 2.20. The van der Waals surface area contributed by atoms with Crippen molar-refractivity contribution in [3.05, 3.63) is 16.0 Å². The summed E-state index contributed by atoms with van der Waals surface area (Å²) in [5.41, 5.74) is 1.73. The molecule has 2 saturated carbocycles. The molecule has 0 radical (unpaired) electrons. The molecule has 2 fully saturated rings. The second-order valence-electron chi connectivity index (χ2n) is 9.50. The summed E-state index contributed by atoms with van der Waals surface area (Å²) >= 11 is 1.53. The van der Waals surface area contributed by atoms with Crippen molar-refractivity contribution in [1.82, 2.24) is 5.32 Å². The van der Waals surface area contributed by atoms with Gasteiger partial charge in [-0.1, -0.05) is 39.0 Å². The van der Waals surface area contributed by atoms with Crippen molar-refractivity contribution in [3.8, 4) is 0 Å². The molecule has 4 rings (SSSR count). The lowest BCUT2D eigenvalue weighted by Crippen LogP contribution is -2.37. The van der Waals surface area contributed by atoms with E-state index >= 15 is 0 Å². The Hall–Kier alpha value is -1.89. The summed E-state index contributed by atoms with van der Waals surface area (Å²) in [6.07, 6.45) is 11.2. The summed E-state index contributed by atoms with van der Waals surface area (Å²) < 4.78 is 0. The van der Waals surface area contributed by atoms with Crippen LogP contribution in [0.4, 0.5) is 5.00 Å². The molecule has 1 heterocycles. The standard InChI is InChI=1S/C24H34N2O4S/c1-2-14-11-12-18-19(13-14)31-23(20(18)22(28)25-15-7-3-4-8-15)26-21(27)16-9-5-6-10-17(16)24(29)30/h14-17H,2-13H2,1H3,(H,25,28)(H,26,27)(H,29,30)/t14-,16-,17+/m1/s1. The van der Waals surface area contributed by atoms with Crippen LogP contribution in [0.5, 0.6) is 0 Å². The second kappa shape index (κ2) is 9.72. The molecule has 31 heavy (non-hydrogen) atoms. The number of nitrogens with one attached hydrogen (secondary N) is 2. The van der Waals surface area contributed by atoms with Crippen LogP contribution in [0.1, 0.15) is 91.9 Å². The highest BCUT2D eigenvalue weighted by Crippen LogP contribution is 2.41. The van der Waals surface area contributed by atoms with Crippen molar-refractivity contribution in [3.63, 3.8) is 0 Å². The van der Waals surface area contributed by atoms with Gasteiger partial charge in [-0.2, -0.15) is 0 Å². The Morgan fingerprint density at radius 1 is 1.00 bits per heavy atom. The fraction of sp³-hybridized carbons (Fsp3) is 0.708. The molecule has 3 atom stereocenters. The lowest BCUT2D eigenvalue weighted by Gasteiger charge is -2.27. The van der Waals surface area contributed by atoms with E-state index in [4.69, 9.17) is 0 Å². The molecular formula is C24H34N2O4S. The van der Waals surface area contributed by atoms with E-state index < -0.39 is 17.8 Å². The van der Waals surface area contributed by atoms with E-state index in [-0.39, 0.29) is 17.9 Å². The van der Waals surface area contributed by atoms with Crippen LogP contribution in [-0.2, 0) is 22.4 Å². The Labute approximate surface area is 188 Å². The summed E-state index contributed by atoms with van der Waals surface area (Å²) in [6, 6.07) is 0.216. The monoisotopic (exact) mass is 446 g/mol. The van der Waals surface area contributed by atoms with Crippen molar-refractivity contribution in [1.29, 1.82) is 0 Å². The van der Waals surface area contributed by atoms with Gasteiger partial charge in [0.25, 0.3) is 5.91 Å². The van der Waals surface area contributed by atoms with Crippen LogP contribution in [0.2, 0.25) is 0 Å². The zero-order valence-corrected chi connectivity index (χ0v) is 19.2. The largest absolute Gasteiger partial charge is 0.481 e. The zero-order valence-electron chi connectivity index (χ0n) is 18.4. The number of carbonyl (C=O) groups excluding carboxylic acids is 2. The number of carboxylic acids is 1. The number of carbonyl (C=O) groups is 3. The van der Waals surface area contributed by atoms with E-state index in [0.29, 0.717) is 29.3 Å². The average Bonchev–Trinajstić information content (AvgIpc) is 3.40. The van der Waals surface area contributed by atoms with Crippen LogP contribution in [0.15, 0.2) is 0 Å². The molecule has 0 bridgehead atoms. The van der Waals surface area contributed by atoms with Crippen LogP contribution >= 0.6 is 11.3 Å². The van der Waals surface area contributed by atoms with E-state index in [1.54, 1.807) is 0 Å². The Kier molecular flexibility index (Phi) is 6.99. The Morgan fingerprint density at radius 2 is 1.68 bits per heavy atom. The van der Waals surface area contributed by atoms with Crippen molar-refractivity contribution >= 4 is 34.1 Å². The maximum absolute atomic E-state index is 13.3. The number of amides is 2. The normalized spacial score (nSPS) is 26.3. The topological polar surface area (TPSA) is 95.5 Å². The number of thiophene rings is 1. The first-order valence-corrected chi connectivity index (χ1v) is 12.8. The van der Waals surface area contributed by atoms with Gasteiger partial charge in [-0.3, -0.25) is 14.4 Å². The zero-order chi connectivity index (χ0) is 22.0. The molecule has 1 aromatic rings. The van der Waals surface area contributed by atoms with Crippen LogP contribution < -0.4 is 10.6 Å². The Balaban J connectivity index is 1.59. The molecule has 3 N–H and O–H groups in total. The number of anilines is 1. The van der Waals surface area contributed by atoms with Crippen LogP contribution in [0.25, 0.3) is 0 Å². The van der Waals surface area contributed by atoms with E-state index in [2.05, 4.69) is 17.6 Å². The number of fused-ring (bicyclic) bond motifs is 1. The molecule has 0 unspecified atom stereocenters. The van der Waals surface area contributed by atoms with Crippen molar-refractivity contribution < 1.29 is 19.5 Å². The van der Waals surface area contributed by atoms with E-state index in [0.717, 1.165) is 69.8 Å². The third-order valence-corrected chi connectivity index (χ3v) is 8.69.